The first kappa shape index (κ1) is 22.1. The number of aromatic nitrogens is 2. The molecule has 0 amide bonds. The molecule has 0 aliphatic rings. The predicted octanol–water partition coefficient (Wildman–Crippen LogP) is 5.91. The summed E-state index contributed by atoms with van der Waals surface area (Å²) in [5, 5.41) is 0.575. The third-order valence-corrected chi connectivity index (χ3v) is 5.90. The SMILES string of the molecule is C#CC(N=C(c1ccccc1)c1ccccc1)c1nc2cccc(C)c2c(=O)n1-c1ccccc1. The van der Waals surface area contributed by atoms with Gasteiger partial charge in [0.15, 0.2) is 11.9 Å². The van der Waals surface area contributed by atoms with Gasteiger partial charge in [0, 0.05) is 11.1 Å². The van der Waals surface area contributed by atoms with Gasteiger partial charge in [-0.15, -0.1) is 6.42 Å². The van der Waals surface area contributed by atoms with Gasteiger partial charge in [0.2, 0.25) is 0 Å². The van der Waals surface area contributed by atoms with Gasteiger partial charge in [-0.05, 0) is 30.7 Å². The Hall–Kier alpha value is -4.75. The fraction of sp³-hybridized carbons (Fsp3) is 0.0645. The van der Waals surface area contributed by atoms with Gasteiger partial charge >= 0.3 is 0 Å². The summed E-state index contributed by atoms with van der Waals surface area (Å²) in [6.07, 6.45) is 6.07. The molecule has 35 heavy (non-hydrogen) atoms. The van der Waals surface area contributed by atoms with Crippen molar-refractivity contribution in [3.8, 4) is 18.0 Å². The number of hydrogen-bond acceptors (Lipinski definition) is 3. The summed E-state index contributed by atoms with van der Waals surface area (Å²) in [5.74, 6) is 3.20. The molecule has 168 valence electrons. The monoisotopic (exact) mass is 453 g/mol. The number of fused-ring (bicyclic) bond motifs is 1. The van der Waals surface area contributed by atoms with Gasteiger partial charge in [0.1, 0.15) is 0 Å². The Morgan fingerprint density at radius 1 is 0.829 bits per heavy atom. The Morgan fingerprint density at radius 2 is 1.40 bits per heavy atom. The maximum absolute atomic E-state index is 13.8. The van der Waals surface area contributed by atoms with E-state index in [0.29, 0.717) is 22.4 Å². The molecule has 0 fully saturated rings. The first-order chi connectivity index (χ1) is 17.2. The molecule has 0 aliphatic heterocycles. The summed E-state index contributed by atoms with van der Waals surface area (Å²) < 4.78 is 1.59. The second kappa shape index (κ2) is 9.62. The Kier molecular flexibility index (Phi) is 6.07. The van der Waals surface area contributed by atoms with Crippen LogP contribution >= 0.6 is 0 Å². The number of terminal acetylenes is 1. The molecule has 4 heteroatoms. The fourth-order valence-electron chi connectivity index (χ4n) is 4.23. The molecule has 0 bridgehead atoms. The van der Waals surface area contributed by atoms with Crippen molar-refractivity contribution in [2.75, 3.05) is 0 Å². The highest BCUT2D eigenvalue weighted by atomic mass is 16.1. The van der Waals surface area contributed by atoms with Crippen molar-refractivity contribution >= 4 is 16.6 Å². The van der Waals surface area contributed by atoms with Gasteiger partial charge in [-0.2, -0.15) is 0 Å². The van der Waals surface area contributed by atoms with Crippen LogP contribution in [0.1, 0.15) is 28.6 Å². The third-order valence-electron chi connectivity index (χ3n) is 5.90. The number of aliphatic imine (C=N–C) groups is 1. The van der Waals surface area contributed by atoms with E-state index in [9.17, 15) is 4.79 Å². The molecular weight excluding hydrogens is 430 g/mol. The van der Waals surface area contributed by atoms with Gasteiger partial charge in [0.25, 0.3) is 5.56 Å². The van der Waals surface area contributed by atoms with Crippen molar-refractivity contribution in [1.82, 2.24) is 9.55 Å². The van der Waals surface area contributed by atoms with E-state index in [1.54, 1.807) is 4.57 Å². The third kappa shape index (κ3) is 4.28. The lowest BCUT2D eigenvalue weighted by Gasteiger charge is -2.18. The standard InChI is InChI=1S/C31H23N3O/c1-3-26(32-29(23-15-7-4-8-16-23)24-17-9-5-10-18-24)30-33-27-21-13-14-22(2)28(27)31(35)34(30)25-19-11-6-12-20-25/h1,4-21,26H,2H3. The molecule has 0 aliphatic carbocycles. The van der Waals surface area contributed by atoms with Gasteiger partial charge in [0.05, 0.1) is 22.3 Å². The molecule has 0 radical (unpaired) electrons. The van der Waals surface area contributed by atoms with Crippen LogP contribution in [0.15, 0.2) is 119 Å². The zero-order valence-electron chi connectivity index (χ0n) is 19.3. The second-order valence-corrected chi connectivity index (χ2v) is 8.19. The van der Waals surface area contributed by atoms with E-state index in [1.807, 2.05) is 116 Å². The van der Waals surface area contributed by atoms with Gasteiger partial charge in [-0.3, -0.25) is 14.4 Å². The summed E-state index contributed by atoms with van der Waals surface area (Å²) in [7, 11) is 0. The second-order valence-electron chi connectivity index (χ2n) is 8.19. The highest BCUT2D eigenvalue weighted by molar-refractivity contribution is 6.13. The predicted molar refractivity (Wildman–Crippen MR) is 142 cm³/mol. The van der Waals surface area contributed by atoms with Gasteiger partial charge in [-0.25, -0.2) is 4.98 Å². The molecule has 0 N–H and O–H groups in total. The van der Waals surface area contributed by atoms with Crippen molar-refractivity contribution in [2.24, 2.45) is 4.99 Å². The Balaban J connectivity index is 1.80. The Morgan fingerprint density at radius 3 is 1.97 bits per heavy atom. The number of hydrogen-bond donors (Lipinski definition) is 0. The van der Waals surface area contributed by atoms with E-state index < -0.39 is 6.04 Å². The molecule has 5 aromatic rings. The van der Waals surface area contributed by atoms with Crippen LogP contribution in [0.2, 0.25) is 0 Å². The summed E-state index contributed by atoms with van der Waals surface area (Å²) in [6, 6.07) is 34.1. The number of rotatable bonds is 5. The lowest BCUT2D eigenvalue weighted by atomic mass is 10.0. The van der Waals surface area contributed by atoms with E-state index in [0.717, 1.165) is 22.4 Å². The molecule has 0 spiro atoms. The van der Waals surface area contributed by atoms with Crippen LogP contribution in [0.3, 0.4) is 0 Å². The number of aryl methyl sites for hydroxylation is 1. The quantitative estimate of drug-likeness (QED) is 0.245. The molecule has 0 saturated heterocycles. The van der Waals surface area contributed by atoms with Crippen molar-refractivity contribution in [3.63, 3.8) is 0 Å². The van der Waals surface area contributed by atoms with Crippen LogP contribution < -0.4 is 5.56 Å². The van der Waals surface area contributed by atoms with E-state index in [1.165, 1.54) is 0 Å². The molecule has 1 atom stereocenters. The minimum Gasteiger partial charge on any atom is -0.268 e. The average Bonchev–Trinajstić information content (AvgIpc) is 2.91. The van der Waals surface area contributed by atoms with Crippen LogP contribution in [0.25, 0.3) is 16.6 Å². The Bertz CT molecular complexity index is 1570. The van der Waals surface area contributed by atoms with Gasteiger partial charge < -0.3 is 0 Å². The van der Waals surface area contributed by atoms with Crippen LogP contribution in [0, 0.1) is 19.3 Å². The topological polar surface area (TPSA) is 47.2 Å². The number of para-hydroxylation sites is 1. The number of nitrogens with zero attached hydrogens (tertiary/aromatic N) is 3. The zero-order chi connectivity index (χ0) is 24.2. The fourth-order valence-corrected chi connectivity index (χ4v) is 4.23. The Labute approximate surface area is 204 Å². The van der Waals surface area contributed by atoms with Crippen LogP contribution in [0.4, 0.5) is 0 Å². The molecule has 0 saturated carbocycles. The van der Waals surface area contributed by atoms with Crippen LogP contribution in [-0.4, -0.2) is 15.3 Å². The van der Waals surface area contributed by atoms with E-state index in [4.69, 9.17) is 16.4 Å². The smallest absolute Gasteiger partial charge is 0.266 e. The van der Waals surface area contributed by atoms with Gasteiger partial charge in [-0.1, -0.05) is 96.9 Å². The van der Waals surface area contributed by atoms with E-state index >= 15 is 0 Å². The lowest BCUT2D eigenvalue weighted by Crippen LogP contribution is -2.26. The summed E-state index contributed by atoms with van der Waals surface area (Å²) in [6.45, 7) is 1.92. The van der Waals surface area contributed by atoms with Crippen molar-refractivity contribution in [1.29, 1.82) is 0 Å². The first-order valence-corrected chi connectivity index (χ1v) is 11.4. The maximum Gasteiger partial charge on any atom is 0.266 e. The van der Waals surface area contributed by atoms with E-state index in [2.05, 4.69) is 5.92 Å². The average molecular weight is 454 g/mol. The number of benzene rings is 4. The molecule has 5 rings (SSSR count). The van der Waals surface area contributed by atoms with Crippen molar-refractivity contribution in [2.45, 2.75) is 13.0 Å². The molecule has 1 heterocycles. The van der Waals surface area contributed by atoms with E-state index in [-0.39, 0.29) is 5.56 Å². The maximum atomic E-state index is 13.8. The highest BCUT2D eigenvalue weighted by Crippen LogP contribution is 2.24. The zero-order valence-corrected chi connectivity index (χ0v) is 19.3. The molecule has 1 unspecified atom stereocenters. The summed E-state index contributed by atoms with van der Waals surface area (Å²) in [5.41, 5.74) is 4.62. The first-order valence-electron chi connectivity index (χ1n) is 11.4. The lowest BCUT2D eigenvalue weighted by molar-refractivity contribution is 0.765. The molecule has 4 aromatic carbocycles. The minimum absolute atomic E-state index is 0.161. The molecule has 4 nitrogen and oxygen atoms in total. The normalized spacial score (nSPS) is 11.5. The van der Waals surface area contributed by atoms with Crippen molar-refractivity contribution < 1.29 is 0 Å². The highest BCUT2D eigenvalue weighted by Gasteiger charge is 2.21. The summed E-state index contributed by atoms with van der Waals surface area (Å²) >= 11 is 0. The van der Waals surface area contributed by atoms with Crippen LogP contribution in [-0.2, 0) is 0 Å². The molecular formula is C31H23N3O. The summed E-state index contributed by atoms with van der Waals surface area (Å²) in [4.78, 5) is 23.7. The molecule has 1 aromatic heterocycles. The van der Waals surface area contributed by atoms with Crippen molar-refractivity contribution in [3.05, 3.63) is 142 Å². The van der Waals surface area contributed by atoms with Crippen LogP contribution in [0.5, 0.6) is 0 Å². The largest absolute Gasteiger partial charge is 0.268 e. The minimum atomic E-state index is -0.789.